The average molecular weight is 441 g/mol. The molecule has 1 atom stereocenters. The van der Waals surface area contributed by atoms with E-state index in [4.69, 9.17) is 27.9 Å². The summed E-state index contributed by atoms with van der Waals surface area (Å²) in [6, 6.07) is 1.78. The lowest BCUT2D eigenvalue weighted by Crippen LogP contribution is -2.25. The van der Waals surface area contributed by atoms with Crippen LogP contribution in [0.1, 0.15) is 17.3 Å². The third-order valence-electron chi connectivity index (χ3n) is 3.49. The first-order valence-electron chi connectivity index (χ1n) is 7.52. The normalized spacial score (nSPS) is 12.0. The SMILES string of the molecule is COC(=O)C(C)OC(=O)c1cc(-c2nn(C)c(OC(F)F)c2Cl)c(F)cc1Cl. The van der Waals surface area contributed by atoms with E-state index in [1.165, 1.54) is 14.0 Å². The van der Waals surface area contributed by atoms with Gasteiger partial charge in [0, 0.05) is 12.6 Å². The minimum Gasteiger partial charge on any atom is -0.466 e. The van der Waals surface area contributed by atoms with Gasteiger partial charge in [0.15, 0.2) is 6.10 Å². The first-order chi connectivity index (χ1) is 13.1. The Kier molecular flexibility index (Phi) is 6.78. The van der Waals surface area contributed by atoms with Crippen molar-refractivity contribution in [1.82, 2.24) is 9.78 Å². The third kappa shape index (κ3) is 4.50. The smallest absolute Gasteiger partial charge is 0.388 e. The lowest BCUT2D eigenvalue weighted by Gasteiger charge is -2.12. The van der Waals surface area contributed by atoms with Crippen LogP contribution >= 0.6 is 23.2 Å². The number of carbonyl (C=O) groups is 2. The number of hydrogen-bond donors (Lipinski definition) is 0. The fourth-order valence-electron chi connectivity index (χ4n) is 2.19. The van der Waals surface area contributed by atoms with E-state index in [1.54, 1.807) is 0 Å². The largest absolute Gasteiger partial charge is 0.466 e. The molecular formula is C16H13Cl2F3N2O5. The number of aryl methyl sites for hydroxylation is 1. The summed E-state index contributed by atoms with van der Waals surface area (Å²) in [5.74, 6) is -3.27. The highest BCUT2D eigenvalue weighted by Crippen LogP contribution is 2.38. The van der Waals surface area contributed by atoms with Gasteiger partial charge in [-0.25, -0.2) is 18.7 Å². The van der Waals surface area contributed by atoms with Gasteiger partial charge in [0.05, 0.1) is 17.7 Å². The number of halogens is 5. The Morgan fingerprint density at radius 2 is 1.89 bits per heavy atom. The van der Waals surface area contributed by atoms with E-state index in [-0.39, 0.29) is 21.8 Å². The predicted octanol–water partition coefficient (Wildman–Crippen LogP) is 3.85. The van der Waals surface area contributed by atoms with Gasteiger partial charge < -0.3 is 14.2 Å². The third-order valence-corrected chi connectivity index (χ3v) is 4.14. The molecule has 0 saturated heterocycles. The summed E-state index contributed by atoms with van der Waals surface area (Å²) in [5, 5.41) is 3.14. The van der Waals surface area contributed by atoms with Crippen LogP contribution in [0.25, 0.3) is 11.3 Å². The number of methoxy groups -OCH3 is 1. The summed E-state index contributed by atoms with van der Waals surface area (Å²) in [6.07, 6.45) is -1.24. The Morgan fingerprint density at radius 3 is 2.46 bits per heavy atom. The predicted molar refractivity (Wildman–Crippen MR) is 92.1 cm³/mol. The molecule has 0 N–H and O–H groups in total. The van der Waals surface area contributed by atoms with Gasteiger partial charge >= 0.3 is 18.6 Å². The molecule has 0 radical (unpaired) electrons. The first-order valence-corrected chi connectivity index (χ1v) is 8.27. The quantitative estimate of drug-likeness (QED) is 0.634. The van der Waals surface area contributed by atoms with Crippen molar-refractivity contribution in [2.45, 2.75) is 19.6 Å². The van der Waals surface area contributed by atoms with E-state index < -0.39 is 41.4 Å². The van der Waals surface area contributed by atoms with Crippen molar-refractivity contribution in [2.75, 3.05) is 7.11 Å². The Balaban J connectivity index is 2.47. The summed E-state index contributed by atoms with van der Waals surface area (Å²) in [5.41, 5.74) is -0.872. The molecule has 0 aliphatic rings. The lowest BCUT2D eigenvalue weighted by atomic mass is 10.1. The summed E-state index contributed by atoms with van der Waals surface area (Å²) in [7, 11) is 2.37. The molecule has 0 spiro atoms. The highest BCUT2D eigenvalue weighted by Gasteiger charge is 2.26. The molecule has 1 aromatic heterocycles. The van der Waals surface area contributed by atoms with Gasteiger partial charge in [0.2, 0.25) is 5.88 Å². The van der Waals surface area contributed by atoms with E-state index in [0.29, 0.717) is 0 Å². The number of hydrogen-bond acceptors (Lipinski definition) is 6. The molecule has 0 fully saturated rings. The Labute approximate surface area is 166 Å². The Morgan fingerprint density at radius 1 is 1.25 bits per heavy atom. The van der Waals surface area contributed by atoms with E-state index in [2.05, 4.69) is 14.6 Å². The highest BCUT2D eigenvalue weighted by molar-refractivity contribution is 6.35. The second kappa shape index (κ2) is 8.70. The molecule has 0 saturated carbocycles. The highest BCUT2D eigenvalue weighted by atomic mass is 35.5. The minimum atomic E-state index is -3.18. The van der Waals surface area contributed by atoms with Crippen LogP contribution < -0.4 is 4.74 Å². The van der Waals surface area contributed by atoms with Crippen LogP contribution in [0.4, 0.5) is 13.2 Å². The zero-order chi connectivity index (χ0) is 21.2. The number of benzene rings is 1. The van der Waals surface area contributed by atoms with Crippen molar-refractivity contribution in [3.8, 4) is 17.1 Å². The monoisotopic (exact) mass is 440 g/mol. The number of aromatic nitrogens is 2. The molecule has 12 heteroatoms. The molecule has 28 heavy (non-hydrogen) atoms. The lowest BCUT2D eigenvalue weighted by molar-refractivity contribution is -0.149. The first kappa shape index (κ1) is 21.8. The fourth-order valence-corrected chi connectivity index (χ4v) is 2.73. The molecule has 0 amide bonds. The van der Waals surface area contributed by atoms with Gasteiger partial charge in [-0.05, 0) is 19.1 Å². The molecule has 1 heterocycles. The Bertz CT molecular complexity index is 920. The molecule has 0 aliphatic heterocycles. The van der Waals surface area contributed by atoms with Crippen LogP contribution in [-0.4, -0.2) is 41.5 Å². The van der Waals surface area contributed by atoms with Crippen molar-refractivity contribution in [1.29, 1.82) is 0 Å². The van der Waals surface area contributed by atoms with Gasteiger partial charge in [0.1, 0.15) is 16.5 Å². The van der Waals surface area contributed by atoms with Crippen LogP contribution in [-0.2, 0) is 21.3 Å². The summed E-state index contributed by atoms with van der Waals surface area (Å²) >= 11 is 11.9. The second-order valence-corrected chi connectivity index (χ2v) is 6.14. The standard InChI is InChI=1S/C16H13Cl2F3N2O5/c1-6(14(24)26-3)27-15(25)7-4-8(10(19)5-9(7)17)12-11(18)13(23(2)22-12)28-16(20)21/h4-6,16H,1-3H3. The maximum absolute atomic E-state index is 14.4. The number of carbonyl (C=O) groups excluding carboxylic acids is 2. The van der Waals surface area contributed by atoms with Crippen LogP contribution in [0.3, 0.4) is 0 Å². The summed E-state index contributed by atoms with van der Waals surface area (Å²) < 4.78 is 53.9. The van der Waals surface area contributed by atoms with Gasteiger partial charge in [-0.3, -0.25) is 0 Å². The van der Waals surface area contributed by atoms with Crippen LogP contribution in [0.15, 0.2) is 12.1 Å². The molecule has 1 aromatic carbocycles. The zero-order valence-corrected chi connectivity index (χ0v) is 16.1. The van der Waals surface area contributed by atoms with Gasteiger partial charge in [-0.1, -0.05) is 23.2 Å². The molecule has 2 rings (SSSR count). The van der Waals surface area contributed by atoms with Crippen molar-refractivity contribution in [3.05, 3.63) is 33.6 Å². The van der Waals surface area contributed by atoms with E-state index in [9.17, 15) is 22.8 Å². The number of rotatable bonds is 6. The fraction of sp³-hybridized carbons (Fsp3) is 0.312. The van der Waals surface area contributed by atoms with Crippen molar-refractivity contribution in [2.24, 2.45) is 7.05 Å². The molecule has 2 aromatic rings. The number of esters is 2. The molecule has 0 aliphatic carbocycles. The van der Waals surface area contributed by atoms with Crippen LogP contribution in [0.2, 0.25) is 10.0 Å². The number of alkyl halides is 2. The van der Waals surface area contributed by atoms with Crippen molar-refractivity contribution in [3.63, 3.8) is 0 Å². The molecule has 1 unspecified atom stereocenters. The van der Waals surface area contributed by atoms with Gasteiger partial charge in [0.25, 0.3) is 0 Å². The van der Waals surface area contributed by atoms with Crippen LogP contribution in [0.5, 0.6) is 5.88 Å². The van der Waals surface area contributed by atoms with E-state index in [0.717, 1.165) is 23.9 Å². The number of ether oxygens (including phenoxy) is 3. The average Bonchev–Trinajstić information content (AvgIpc) is 2.88. The second-order valence-electron chi connectivity index (χ2n) is 5.35. The van der Waals surface area contributed by atoms with Gasteiger partial charge in [-0.15, -0.1) is 0 Å². The molecule has 152 valence electrons. The molecule has 7 nitrogen and oxygen atoms in total. The van der Waals surface area contributed by atoms with Crippen molar-refractivity contribution < 1.29 is 37.0 Å². The molecule has 0 bridgehead atoms. The van der Waals surface area contributed by atoms with Crippen molar-refractivity contribution >= 4 is 35.1 Å². The molecular weight excluding hydrogens is 428 g/mol. The zero-order valence-electron chi connectivity index (χ0n) is 14.6. The summed E-state index contributed by atoms with van der Waals surface area (Å²) in [4.78, 5) is 23.7. The van der Waals surface area contributed by atoms with E-state index in [1.807, 2.05) is 0 Å². The van der Waals surface area contributed by atoms with E-state index >= 15 is 0 Å². The number of nitrogens with zero attached hydrogens (tertiary/aromatic N) is 2. The Hall–Kier alpha value is -2.46. The topological polar surface area (TPSA) is 79.7 Å². The minimum absolute atomic E-state index is 0.260. The van der Waals surface area contributed by atoms with Crippen LogP contribution in [0, 0.1) is 5.82 Å². The maximum atomic E-state index is 14.4. The summed E-state index contributed by atoms with van der Waals surface area (Å²) in [6.45, 7) is -1.91. The van der Waals surface area contributed by atoms with Gasteiger partial charge in [-0.2, -0.15) is 13.9 Å². The maximum Gasteiger partial charge on any atom is 0.388 e.